The Bertz CT molecular complexity index is 1120. The maximum Gasteiger partial charge on any atom is 0.226 e. The number of rotatable bonds is 3. The number of imidazole rings is 1. The minimum absolute atomic E-state index is 0.443. The smallest absolute Gasteiger partial charge is 0.226 e. The van der Waals surface area contributed by atoms with Gasteiger partial charge in [-0.15, -0.1) is 5.10 Å². The van der Waals surface area contributed by atoms with E-state index in [1.807, 2.05) is 60.3 Å². The fourth-order valence-electron chi connectivity index (χ4n) is 2.91. The van der Waals surface area contributed by atoms with Crippen molar-refractivity contribution in [2.75, 3.05) is 7.11 Å². The number of aryl methyl sites for hydroxylation is 2. The molecule has 0 saturated heterocycles. The normalized spacial score (nSPS) is 10.6. The first-order chi connectivity index (χ1) is 13.2. The van der Waals surface area contributed by atoms with Crippen LogP contribution in [0.15, 0.2) is 48.7 Å². The first kappa shape index (κ1) is 16.9. The molecule has 0 spiro atoms. The number of ether oxygens (including phenoxy) is 1. The summed E-state index contributed by atoms with van der Waals surface area (Å²) in [7, 11) is 3.55. The van der Waals surface area contributed by atoms with Gasteiger partial charge in [0.15, 0.2) is 17.2 Å². The van der Waals surface area contributed by atoms with Crippen molar-refractivity contribution in [3.63, 3.8) is 0 Å². The van der Waals surface area contributed by atoms with Crippen LogP contribution in [0.25, 0.3) is 16.9 Å². The van der Waals surface area contributed by atoms with Crippen molar-refractivity contribution in [2.45, 2.75) is 13.3 Å². The van der Waals surface area contributed by atoms with Crippen molar-refractivity contribution in [3.8, 4) is 28.8 Å². The zero-order valence-corrected chi connectivity index (χ0v) is 15.5. The quantitative estimate of drug-likeness (QED) is 0.529. The van der Waals surface area contributed by atoms with Gasteiger partial charge in [-0.2, -0.15) is 4.98 Å². The fraction of sp³-hybridized carbons (Fsp3) is 0.190. The molecule has 0 N–H and O–H groups in total. The third-order valence-electron chi connectivity index (χ3n) is 4.34. The first-order valence-corrected chi connectivity index (χ1v) is 8.73. The van der Waals surface area contributed by atoms with Crippen molar-refractivity contribution in [2.24, 2.45) is 7.05 Å². The molecule has 4 aromatic rings. The molecule has 6 heteroatoms. The zero-order valence-electron chi connectivity index (χ0n) is 15.5. The minimum atomic E-state index is 0.443. The van der Waals surface area contributed by atoms with Gasteiger partial charge in [0.1, 0.15) is 0 Å². The van der Waals surface area contributed by atoms with Crippen molar-refractivity contribution >= 4 is 5.65 Å². The van der Waals surface area contributed by atoms with Crippen LogP contribution in [0.2, 0.25) is 0 Å². The summed E-state index contributed by atoms with van der Waals surface area (Å²) in [6.45, 7) is 2.08. The van der Waals surface area contributed by atoms with E-state index < -0.39 is 0 Å². The van der Waals surface area contributed by atoms with Gasteiger partial charge in [0.05, 0.1) is 12.8 Å². The molecule has 1 aromatic carbocycles. The van der Waals surface area contributed by atoms with Gasteiger partial charge in [0, 0.05) is 24.5 Å². The molecular weight excluding hydrogens is 338 g/mol. The Morgan fingerprint density at radius 3 is 2.59 bits per heavy atom. The second kappa shape index (κ2) is 6.96. The van der Waals surface area contributed by atoms with Crippen LogP contribution in [0.3, 0.4) is 0 Å². The van der Waals surface area contributed by atoms with Gasteiger partial charge in [0.25, 0.3) is 0 Å². The van der Waals surface area contributed by atoms with Gasteiger partial charge in [-0.05, 0) is 30.4 Å². The first-order valence-electron chi connectivity index (χ1n) is 8.73. The molecule has 0 radical (unpaired) electrons. The highest BCUT2D eigenvalue weighted by Gasteiger charge is 2.11. The van der Waals surface area contributed by atoms with Crippen LogP contribution in [-0.2, 0) is 13.5 Å². The lowest BCUT2D eigenvalue weighted by Gasteiger charge is -2.04. The highest BCUT2D eigenvalue weighted by atomic mass is 16.5. The Hall–Kier alpha value is -3.59. The molecule has 6 nitrogen and oxygen atoms in total. The number of pyridine rings is 1. The maximum atomic E-state index is 5.39. The predicted octanol–water partition coefficient (Wildman–Crippen LogP) is 3.10. The topological polar surface area (TPSA) is 57.2 Å². The summed E-state index contributed by atoms with van der Waals surface area (Å²) in [5.41, 5.74) is 3.67. The average molecular weight is 357 g/mol. The lowest BCUT2D eigenvalue weighted by molar-refractivity contribution is 0.416. The second-order valence-corrected chi connectivity index (χ2v) is 6.09. The Morgan fingerprint density at radius 2 is 1.85 bits per heavy atom. The van der Waals surface area contributed by atoms with E-state index in [-0.39, 0.29) is 0 Å². The van der Waals surface area contributed by atoms with Gasteiger partial charge in [-0.3, -0.25) is 0 Å². The molecule has 0 bridgehead atoms. The molecule has 4 rings (SSSR count). The number of benzene rings is 1. The van der Waals surface area contributed by atoms with E-state index in [4.69, 9.17) is 4.74 Å². The molecule has 0 aliphatic heterocycles. The van der Waals surface area contributed by atoms with Crippen LogP contribution in [0.1, 0.15) is 24.3 Å². The highest BCUT2D eigenvalue weighted by molar-refractivity contribution is 5.59. The van der Waals surface area contributed by atoms with Crippen molar-refractivity contribution in [1.29, 1.82) is 0 Å². The van der Waals surface area contributed by atoms with Crippen LogP contribution >= 0.6 is 0 Å². The molecule has 3 heterocycles. The van der Waals surface area contributed by atoms with E-state index in [0.29, 0.717) is 23.0 Å². The lowest BCUT2D eigenvalue weighted by Crippen LogP contribution is -1.99. The number of aromatic nitrogens is 5. The SMILES string of the molecule is CCc1ccc(OC)c2nc(C#Cc3nc(-c4ccccc4)cn3C)nn12. The van der Waals surface area contributed by atoms with E-state index >= 15 is 0 Å². The van der Waals surface area contributed by atoms with E-state index in [1.165, 1.54) is 0 Å². The summed E-state index contributed by atoms with van der Waals surface area (Å²) in [6, 6.07) is 13.9. The van der Waals surface area contributed by atoms with E-state index in [0.717, 1.165) is 23.4 Å². The summed E-state index contributed by atoms with van der Waals surface area (Å²) in [5.74, 6) is 7.89. The summed E-state index contributed by atoms with van der Waals surface area (Å²) in [6.07, 6.45) is 2.81. The molecule has 0 aliphatic carbocycles. The van der Waals surface area contributed by atoms with Crippen LogP contribution in [-0.4, -0.2) is 31.3 Å². The molecule has 0 fully saturated rings. The van der Waals surface area contributed by atoms with Gasteiger partial charge in [0.2, 0.25) is 5.82 Å². The molecule has 27 heavy (non-hydrogen) atoms. The Kier molecular flexibility index (Phi) is 4.35. The summed E-state index contributed by atoms with van der Waals surface area (Å²) < 4.78 is 9.08. The fourth-order valence-corrected chi connectivity index (χ4v) is 2.91. The van der Waals surface area contributed by atoms with E-state index in [1.54, 1.807) is 11.6 Å². The second-order valence-electron chi connectivity index (χ2n) is 6.09. The molecule has 3 aromatic heterocycles. The number of hydrogen-bond donors (Lipinski definition) is 0. The van der Waals surface area contributed by atoms with Crippen molar-refractivity contribution in [3.05, 3.63) is 66.0 Å². The van der Waals surface area contributed by atoms with Crippen LogP contribution < -0.4 is 4.74 Å². The van der Waals surface area contributed by atoms with Crippen LogP contribution in [0.4, 0.5) is 0 Å². The molecule has 0 aliphatic rings. The highest BCUT2D eigenvalue weighted by Crippen LogP contribution is 2.20. The molecule has 0 atom stereocenters. The largest absolute Gasteiger partial charge is 0.493 e. The standard InChI is InChI=1S/C21H19N5O/c1-4-16-10-11-18(27-3)21-23-19(24-26(16)21)12-13-20-22-17(14-25(20)2)15-8-6-5-7-9-15/h5-11,14H,4H2,1-3H3. The summed E-state index contributed by atoms with van der Waals surface area (Å²) in [4.78, 5) is 9.14. The van der Waals surface area contributed by atoms with E-state index in [9.17, 15) is 0 Å². The van der Waals surface area contributed by atoms with Gasteiger partial charge in [-0.25, -0.2) is 9.50 Å². The van der Waals surface area contributed by atoms with Crippen molar-refractivity contribution < 1.29 is 4.74 Å². The lowest BCUT2D eigenvalue weighted by atomic mass is 10.2. The number of nitrogens with zero attached hydrogens (tertiary/aromatic N) is 5. The number of hydrogen-bond acceptors (Lipinski definition) is 4. The predicted molar refractivity (Wildman–Crippen MR) is 104 cm³/mol. The third kappa shape index (κ3) is 3.15. The average Bonchev–Trinajstić information content (AvgIpc) is 3.30. The van der Waals surface area contributed by atoms with Crippen molar-refractivity contribution in [1.82, 2.24) is 24.1 Å². The van der Waals surface area contributed by atoms with E-state index in [2.05, 4.69) is 33.8 Å². The summed E-state index contributed by atoms with van der Waals surface area (Å²) in [5, 5.41) is 4.52. The molecule has 0 saturated carbocycles. The van der Waals surface area contributed by atoms with Gasteiger partial charge < -0.3 is 9.30 Å². The molecular formula is C21H19N5O. The minimum Gasteiger partial charge on any atom is -0.493 e. The van der Waals surface area contributed by atoms with Crippen LogP contribution in [0, 0.1) is 11.8 Å². The van der Waals surface area contributed by atoms with Crippen LogP contribution in [0.5, 0.6) is 5.75 Å². The van der Waals surface area contributed by atoms with Gasteiger partial charge >= 0.3 is 0 Å². The Labute approximate surface area is 157 Å². The third-order valence-corrected chi connectivity index (χ3v) is 4.34. The monoisotopic (exact) mass is 357 g/mol. The molecule has 0 amide bonds. The van der Waals surface area contributed by atoms with Gasteiger partial charge in [-0.1, -0.05) is 37.3 Å². The molecule has 0 unspecified atom stereocenters. The summed E-state index contributed by atoms with van der Waals surface area (Å²) >= 11 is 0. The zero-order chi connectivity index (χ0) is 18.8. The maximum absolute atomic E-state index is 5.39. The number of fused-ring (bicyclic) bond motifs is 1. The molecule has 134 valence electrons. The Balaban J connectivity index is 1.72. The Morgan fingerprint density at radius 1 is 1.04 bits per heavy atom. The number of methoxy groups -OCH3 is 1.